The van der Waals surface area contributed by atoms with Crippen molar-refractivity contribution in [2.75, 3.05) is 0 Å². The van der Waals surface area contributed by atoms with Gasteiger partial charge in [0.05, 0.1) is 6.10 Å². The summed E-state index contributed by atoms with van der Waals surface area (Å²) in [5.74, 6) is 0. The maximum Gasteiger partial charge on any atom is 0.0930 e. The van der Waals surface area contributed by atoms with Crippen LogP contribution in [0.1, 0.15) is 22.3 Å². The molecule has 0 bridgehead atoms. The number of hydrogen-bond donors (Lipinski definition) is 1. The average Bonchev–Trinajstić information content (AvgIpc) is 2.91. The first kappa shape index (κ1) is 11.0. The number of rotatable bonds is 4. The van der Waals surface area contributed by atoms with Gasteiger partial charge in [-0.15, -0.1) is 22.7 Å². The Morgan fingerprint density at radius 2 is 2.00 bits per heavy atom. The van der Waals surface area contributed by atoms with Gasteiger partial charge in [-0.2, -0.15) is 0 Å². The fourth-order valence-electron chi connectivity index (χ4n) is 1.29. The van der Waals surface area contributed by atoms with Gasteiger partial charge in [0.15, 0.2) is 0 Å². The van der Waals surface area contributed by atoms with E-state index in [1.807, 2.05) is 35.0 Å². The predicted octanol–water partition coefficient (Wildman–Crippen LogP) is 3.65. The minimum atomic E-state index is -0.459. The molecule has 0 aliphatic rings. The summed E-state index contributed by atoms with van der Waals surface area (Å²) in [5, 5.41) is 13.9. The maximum absolute atomic E-state index is 9.91. The third kappa shape index (κ3) is 2.72. The number of aliphatic hydroxyl groups excluding tert-OH is 1. The smallest absolute Gasteiger partial charge is 0.0930 e. The molecule has 2 aromatic heterocycles. The van der Waals surface area contributed by atoms with Crippen LogP contribution in [0.15, 0.2) is 35.0 Å². The first-order chi connectivity index (χ1) is 7.27. The van der Waals surface area contributed by atoms with E-state index in [2.05, 4.69) is 0 Å². The van der Waals surface area contributed by atoms with Crippen molar-refractivity contribution in [1.82, 2.24) is 0 Å². The largest absolute Gasteiger partial charge is 0.387 e. The monoisotopic (exact) mass is 254 g/mol. The molecule has 2 heterocycles. The summed E-state index contributed by atoms with van der Waals surface area (Å²) >= 11 is 8.46. The van der Waals surface area contributed by atoms with Crippen LogP contribution in [-0.2, 0) is 0 Å². The van der Waals surface area contributed by atoms with E-state index in [4.69, 9.17) is 12.2 Å². The van der Waals surface area contributed by atoms with E-state index in [9.17, 15) is 5.11 Å². The summed E-state index contributed by atoms with van der Waals surface area (Å²) in [6.45, 7) is 0. The summed E-state index contributed by atoms with van der Waals surface area (Å²) in [5.41, 5.74) is 0. The molecule has 1 unspecified atom stereocenters. The van der Waals surface area contributed by atoms with Crippen LogP contribution >= 0.6 is 34.9 Å². The van der Waals surface area contributed by atoms with E-state index in [0.717, 1.165) is 14.6 Å². The second-order valence-corrected chi connectivity index (χ2v) is 5.56. The Morgan fingerprint density at radius 1 is 1.27 bits per heavy atom. The van der Waals surface area contributed by atoms with Crippen LogP contribution in [0.2, 0.25) is 0 Å². The van der Waals surface area contributed by atoms with Crippen molar-refractivity contribution in [3.05, 3.63) is 44.8 Å². The summed E-state index contributed by atoms with van der Waals surface area (Å²) < 4.78 is 0. The minimum Gasteiger partial charge on any atom is -0.387 e. The topological polar surface area (TPSA) is 20.2 Å². The van der Waals surface area contributed by atoms with Crippen molar-refractivity contribution in [3.63, 3.8) is 0 Å². The second-order valence-electron chi connectivity index (χ2n) is 3.14. The Morgan fingerprint density at radius 3 is 2.60 bits per heavy atom. The molecule has 2 rings (SSSR count). The molecule has 0 radical (unpaired) electrons. The highest BCUT2D eigenvalue weighted by Crippen LogP contribution is 2.24. The molecule has 78 valence electrons. The molecule has 1 atom stereocenters. The summed E-state index contributed by atoms with van der Waals surface area (Å²) in [6.07, 6.45) is 0.0794. The molecule has 0 aliphatic carbocycles. The molecule has 0 aliphatic heterocycles. The van der Waals surface area contributed by atoms with E-state index in [1.165, 1.54) is 0 Å². The summed E-state index contributed by atoms with van der Waals surface area (Å²) in [7, 11) is 0. The number of thiophene rings is 2. The highest BCUT2D eigenvalue weighted by molar-refractivity contribution is 7.81. The average molecular weight is 254 g/mol. The van der Waals surface area contributed by atoms with Gasteiger partial charge in [-0.25, -0.2) is 0 Å². The lowest BCUT2D eigenvalue weighted by Gasteiger charge is -2.07. The second kappa shape index (κ2) is 4.99. The van der Waals surface area contributed by atoms with Crippen LogP contribution in [0.5, 0.6) is 0 Å². The number of hydrogen-bond acceptors (Lipinski definition) is 4. The fourth-order valence-corrected chi connectivity index (χ4v) is 3.05. The summed E-state index contributed by atoms with van der Waals surface area (Å²) in [4.78, 5) is 2.90. The van der Waals surface area contributed by atoms with Crippen molar-refractivity contribution in [3.8, 4) is 0 Å². The molecule has 2 aromatic rings. The Balaban J connectivity index is 2.01. The van der Waals surface area contributed by atoms with Gasteiger partial charge in [0.25, 0.3) is 0 Å². The minimum absolute atomic E-state index is 0.459. The Bertz CT molecular complexity index is 417. The van der Waals surface area contributed by atoms with Gasteiger partial charge in [-0.1, -0.05) is 24.4 Å². The Labute approximate surface area is 102 Å². The first-order valence-corrected chi connectivity index (χ1v) is 6.72. The Hall–Kier alpha value is -0.550. The predicted molar refractivity (Wildman–Crippen MR) is 69.9 cm³/mol. The fraction of sp³-hybridized carbons (Fsp3) is 0.182. The molecule has 15 heavy (non-hydrogen) atoms. The Kier molecular flexibility index (Phi) is 3.64. The van der Waals surface area contributed by atoms with E-state index in [0.29, 0.717) is 6.42 Å². The molecule has 0 saturated heterocycles. The standard InChI is InChI=1S/C11H10OS3/c12-8(10-3-1-5-14-10)7-9(13)11-4-2-6-15-11/h1-6,8,12H,7H2. The highest BCUT2D eigenvalue weighted by Gasteiger charge is 2.12. The van der Waals surface area contributed by atoms with Crippen molar-refractivity contribution < 1.29 is 5.11 Å². The molecule has 4 heteroatoms. The first-order valence-electron chi connectivity index (χ1n) is 4.55. The molecule has 0 fully saturated rings. The SMILES string of the molecule is OC(CC(=S)c1cccs1)c1cccs1. The lowest BCUT2D eigenvalue weighted by atomic mass is 10.1. The lowest BCUT2D eigenvalue weighted by molar-refractivity contribution is 0.191. The van der Waals surface area contributed by atoms with Crippen molar-refractivity contribution >= 4 is 39.8 Å². The zero-order valence-corrected chi connectivity index (χ0v) is 10.4. The van der Waals surface area contributed by atoms with E-state index in [-0.39, 0.29) is 0 Å². The molecule has 0 aromatic carbocycles. The van der Waals surface area contributed by atoms with Gasteiger partial charge < -0.3 is 5.11 Å². The number of thiocarbonyl (C=S) groups is 1. The zero-order chi connectivity index (χ0) is 10.7. The van der Waals surface area contributed by atoms with Crippen LogP contribution < -0.4 is 0 Å². The summed E-state index contributed by atoms with van der Waals surface area (Å²) in [6, 6.07) is 7.85. The highest BCUT2D eigenvalue weighted by atomic mass is 32.1. The van der Waals surface area contributed by atoms with Crippen molar-refractivity contribution in [2.24, 2.45) is 0 Å². The molecular formula is C11H10OS3. The number of aliphatic hydroxyl groups is 1. The van der Waals surface area contributed by atoms with E-state index in [1.54, 1.807) is 22.7 Å². The van der Waals surface area contributed by atoms with Gasteiger partial charge in [-0.05, 0) is 22.9 Å². The maximum atomic E-state index is 9.91. The van der Waals surface area contributed by atoms with E-state index >= 15 is 0 Å². The van der Waals surface area contributed by atoms with Crippen molar-refractivity contribution in [2.45, 2.75) is 12.5 Å². The van der Waals surface area contributed by atoms with Gasteiger partial charge in [0.2, 0.25) is 0 Å². The molecule has 0 saturated carbocycles. The van der Waals surface area contributed by atoms with Gasteiger partial charge in [-0.3, -0.25) is 0 Å². The van der Waals surface area contributed by atoms with Crippen LogP contribution in [0.4, 0.5) is 0 Å². The molecule has 1 N–H and O–H groups in total. The van der Waals surface area contributed by atoms with Crippen molar-refractivity contribution in [1.29, 1.82) is 0 Å². The van der Waals surface area contributed by atoms with Gasteiger partial charge in [0, 0.05) is 21.0 Å². The van der Waals surface area contributed by atoms with Crippen LogP contribution in [-0.4, -0.2) is 9.97 Å². The third-order valence-corrected chi connectivity index (χ3v) is 4.47. The quantitative estimate of drug-likeness (QED) is 0.664. The van der Waals surface area contributed by atoms with Crippen LogP contribution in [0, 0.1) is 0 Å². The molecular weight excluding hydrogens is 244 g/mol. The van der Waals surface area contributed by atoms with Crippen LogP contribution in [0.3, 0.4) is 0 Å². The molecule has 0 spiro atoms. The normalized spacial score (nSPS) is 12.6. The van der Waals surface area contributed by atoms with Crippen LogP contribution in [0.25, 0.3) is 0 Å². The van der Waals surface area contributed by atoms with Gasteiger partial charge in [0.1, 0.15) is 0 Å². The van der Waals surface area contributed by atoms with Gasteiger partial charge >= 0.3 is 0 Å². The molecule has 1 nitrogen and oxygen atoms in total. The zero-order valence-electron chi connectivity index (χ0n) is 7.92. The van der Waals surface area contributed by atoms with E-state index < -0.39 is 6.10 Å². The molecule has 0 amide bonds. The lowest BCUT2D eigenvalue weighted by Crippen LogP contribution is -2.03. The third-order valence-electron chi connectivity index (χ3n) is 2.05.